The second kappa shape index (κ2) is 4.60. The van der Waals surface area contributed by atoms with Crippen molar-refractivity contribution < 1.29 is 26.7 Å². The first-order chi connectivity index (χ1) is 9.16. The van der Waals surface area contributed by atoms with Crippen LogP contribution in [0.1, 0.15) is 0 Å². The Balaban J connectivity index is 2.41. The summed E-state index contributed by atoms with van der Waals surface area (Å²) in [6.07, 6.45) is -5.90. The standard InChI is InChI=1S/C12H11F5N2O/c1-18-6-7-19(9-5-3-2-4-8(9)18)10(20)11(13,14)12(15,16)17/h2-5H,6-7H2,1H3. The monoisotopic (exact) mass is 294 g/mol. The highest BCUT2D eigenvalue weighted by Gasteiger charge is 2.65. The first-order valence-corrected chi connectivity index (χ1v) is 5.73. The molecule has 0 unspecified atom stereocenters. The van der Waals surface area contributed by atoms with Crippen LogP contribution in [0.4, 0.5) is 33.3 Å². The van der Waals surface area contributed by atoms with Crippen LogP contribution in [0.3, 0.4) is 0 Å². The van der Waals surface area contributed by atoms with Gasteiger partial charge in [0, 0.05) is 20.1 Å². The van der Waals surface area contributed by atoms with E-state index in [4.69, 9.17) is 0 Å². The molecule has 8 heteroatoms. The molecule has 0 saturated heterocycles. The van der Waals surface area contributed by atoms with Crippen molar-refractivity contribution in [1.29, 1.82) is 0 Å². The Labute approximate surface area is 111 Å². The van der Waals surface area contributed by atoms with Crippen LogP contribution in [0.5, 0.6) is 0 Å². The van der Waals surface area contributed by atoms with E-state index >= 15 is 0 Å². The minimum absolute atomic E-state index is 0.0511. The molecule has 110 valence electrons. The van der Waals surface area contributed by atoms with E-state index in [0.29, 0.717) is 10.6 Å². The van der Waals surface area contributed by atoms with E-state index in [-0.39, 0.29) is 18.8 Å². The Bertz CT molecular complexity index is 529. The van der Waals surface area contributed by atoms with Gasteiger partial charge in [-0.2, -0.15) is 22.0 Å². The topological polar surface area (TPSA) is 23.6 Å². The second-order valence-corrected chi connectivity index (χ2v) is 4.44. The SMILES string of the molecule is CN1CCN(C(=O)C(F)(F)C(F)(F)F)c2ccccc21. The molecule has 0 saturated carbocycles. The molecule has 0 bridgehead atoms. The van der Waals surface area contributed by atoms with E-state index in [9.17, 15) is 26.7 Å². The van der Waals surface area contributed by atoms with E-state index < -0.39 is 18.0 Å². The molecule has 2 rings (SSSR count). The number of anilines is 2. The maximum atomic E-state index is 13.2. The summed E-state index contributed by atoms with van der Waals surface area (Å²) in [5, 5.41) is 0. The molecule has 1 aromatic carbocycles. The third-order valence-electron chi connectivity index (χ3n) is 3.11. The predicted octanol–water partition coefficient (Wildman–Crippen LogP) is 2.67. The Morgan fingerprint density at radius 1 is 1.05 bits per heavy atom. The van der Waals surface area contributed by atoms with Crippen LogP contribution in [0.25, 0.3) is 0 Å². The molecular formula is C12H11F5N2O. The van der Waals surface area contributed by atoms with Crippen LogP contribution < -0.4 is 9.80 Å². The van der Waals surface area contributed by atoms with Gasteiger partial charge in [-0.15, -0.1) is 0 Å². The Morgan fingerprint density at radius 2 is 1.60 bits per heavy atom. The van der Waals surface area contributed by atoms with Crippen LogP contribution in [-0.2, 0) is 4.79 Å². The molecule has 0 aliphatic carbocycles. The molecule has 0 aromatic heterocycles. The van der Waals surface area contributed by atoms with Gasteiger partial charge < -0.3 is 9.80 Å². The van der Waals surface area contributed by atoms with Gasteiger partial charge in [-0.1, -0.05) is 12.1 Å². The van der Waals surface area contributed by atoms with Crippen LogP contribution in [0, 0.1) is 0 Å². The van der Waals surface area contributed by atoms with Crippen LogP contribution in [0.2, 0.25) is 0 Å². The van der Waals surface area contributed by atoms with Gasteiger partial charge in [0.2, 0.25) is 0 Å². The Kier molecular flexibility index (Phi) is 3.35. The van der Waals surface area contributed by atoms with Crippen molar-refractivity contribution in [3.05, 3.63) is 24.3 Å². The predicted molar refractivity (Wildman–Crippen MR) is 63.1 cm³/mol. The molecule has 0 radical (unpaired) electrons. The van der Waals surface area contributed by atoms with Crippen molar-refractivity contribution in [2.45, 2.75) is 12.1 Å². The summed E-state index contributed by atoms with van der Waals surface area (Å²) in [7, 11) is 1.67. The van der Waals surface area contributed by atoms with Gasteiger partial charge in [0.1, 0.15) is 0 Å². The van der Waals surface area contributed by atoms with Gasteiger partial charge >= 0.3 is 18.0 Å². The van der Waals surface area contributed by atoms with Crippen molar-refractivity contribution in [2.24, 2.45) is 0 Å². The molecule has 1 amide bonds. The Morgan fingerprint density at radius 3 is 2.15 bits per heavy atom. The molecule has 1 aliphatic heterocycles. The number of nitrogens with zero attached hydrogens (tertiary/aromatic N) is 2. The third kappa shape index (κ3) is 2.19. The fourth-order valence-electron chi connectivity index (χ4n) is 2.01. The summed E-state index contributed by atoms with van der Waals surface area (Å²) >= 11 is 0. The van der Waals surface area contributed by atoms with Gasteiger partial charge in [-0.25, -0.2) is 0 Å². The minimum atomic E-state index is -5.90. The van der Waals surface area contributed by atoms with Crippen molar-refractivity contribution in [3.8, 4) is 0 Å². The second-order valence-electron chi connectivity index (χ2n) is 4.44. The molecule has 20 heavy (non-hydrogen) atoms. The van der Waals surface area contributed by atoms with E-state index in [2.05, 4.69) is 0 Å². The van der Waals surface area contributed by atoms with Gasteiger partial charge in [-0.3, -0.25) is 4.79 Å². The quantitative estimate of drug-likeness (QED) is 0.743. The first-order valence-electron chi connectivity index (χ1n) is 5.73. The molecule has 1 aromatic rings. The maximum absolute atomic E-state index is 13.2. The highest BCUT2D eigenvalue weighted by molar-refractivity contribution is 6.02. The van der Waals surface area contributed by atoms with Crippen LogP contribution in [0.15, 0.2) is 24.3 Å². The van der Waals surface area contributed by atoms with Gasteiger partial charge in [-0.05, 0) is 12.1 Å². The number of benzene rings is 1. The van der Waals surface area contributed by atoms with Gasteiger partial charge in [0.15, 0.2) is 0 Å². The molecule has 1 heterocycles. The number of likely N-dealkylation sites (N-methyl/N-ethyl adjacent to an activating group) is 1. The van der Waals surface area contributed by atoms with Crippen molar-refractivity contribution in [3.63, 3.8) is 0 Å². The average molecular weight is 294 g/mol. The molecule has 1 aliphatic rings. The van der Waals surface area contributed by atoms with E-state index in [1.54, 1.807) is 24.1 Å². The zero-order chi connectivity index (χ0) is 15.1. The number of hydrogen-bond donors (Lipinski definition) is 0. The molecule has 0 N–H and O–H groups in total. The van der Waals surface area contributed by atoms with Crippen molar-refractivity contribution >= 4 is 17.3 Å². The number of para-hydroxylation sites is 2. The first kappa shape index (κ1) is 14.5. The van der Waals surface area contributed by atoms with Crippen LogP contribution >= 0.6 is 0 Å². The fraction of sp³-hybridized carbons (Fsp3) is 0.417. The van der Waals surface area contributed by atoms with Crippen molar-refractivity contribution in [1.82, 2.24) is 0 Å². The lowest BCUT2D eigenvalue weighted by Gasteiger charge is -2.37. The maximum Gasteiger partial charge on any atom is 0.463 e. The summed E-state index contributed by atoms with van der Waals surface area (Å²) in [5.41, 5.74) is 0.486. The van der Waals surface area contributed by atoms with E-state index in [1.807, 2.05) is 0 Å². The zero-order valence-electron chi connectivity index (χ0n) is 10.4. The summed E-state index contributed by atoms with van der Waals surface area (Å²) in [6.45, 7) is -0.0469. The number of carbonyl (C=O) groups excluding carboxylic acids is 1. The number of rotatable bonds is 1. The average Bonchev–Trinajstić information content (AvgIpc) is 2.37. The van der Waals surface area contributed by atoms with E-state index in [1.165, 1.54) is 12.1 Å². The number of hydrogen-bond acceptors (Lipinski definition) is 2. The normalized spacial score (nSPS) is 16.1. The summed E-state index contributed by atoms with van der Waals surface area (Å²) in [5.74, 6) is -7.64. The molecule has 0 atom stereocenters. The summed E-state index contributed by atoms with van der Waals surface area (Å²) in [4.78, 5) is 13.7. The number of carbonyl (C=O) groups is 1. The highest BCUT2D eigenvalue weighted by Crippen LogP contribution is 2.40. The van der Waals surface area contributed by atoms with Crippen LogP contribution in [-0.4, -0.2) is 38.1 Å². The fourth-order valence-corrected chi connectivity index (χ4v) is 2.01. The summed E-state index contributed by atoms with van der Waals surface area (Å²) < 4.78 is 63.2. The number of halogens is 5. The number of alkyl halides is 5. The summed E-state index contributed by atoms with van der Waals surface area (Å²) in [6, 6.07) is 5.99. The zero-order valence-corrected chi connectivity index (χ0v) is 10.4. The molecular weight excluding hydrogens is 283 g/mol. The molecule has 0 spiro atoms. The third-order valence-corrected chi connectivity index (χ3v) is 3.11. The number of amides is 1. The van der Waals surface area contributed by atoms with Crippen molar-refractivity contribution in [2.75, 3.05) is 29.9 Å². The highest BCUT2D eigenvalue weighted by atomic mass is 19.4. The Hall–Kier alpha value is -1.86. The molecule has 3 nitrogen and oxygen atoms in total. The minimum Gasteiger partial charge on any atom is -0.371 e. The van der Waals surface area contributed by atoms with Gasteiger partial charge in [0.25, 0.3) is 0 Å². The lowest BCUT2D eigenvalue weighted by Crippen LogP contribution is -2.55. The largest absolute Gasteiger partial charge is 0.463 e. The lowest BCUT2D eigenvalue weighted by molar-refractivity contribution is -0.268. The van der Waals surface area contributed by atoms with Gasteiger partial charge in [0.05, 0.1) is 11.4 Å². The smallest absolute Gasteiger partial charge is 0.371 e. The lowest BCUT2D eigenvalue weighted by atomic mass is 10.1. The number of fused-ring (bicyclic) bond motifs is 1. The molecule has 0 fully saturated rings. The van der Waals surface area contributed by atoms with E-state index in [0.717, 1.165) is 0 Å².